The zero-order valence-electron chi connectivity index (χ0n) is 8.85. The largest absolute Gasteiger partial charge is 0.573 e. The lowest BCUT2D eigenvalue weighted by Gasteiger charge is -2.14. The Morgan fingerprint density at radius 1 is 1.50 bits per heavy atom. The fourth-order valence-corrected chi connectivity index (χ4v) is 1.85. The summed E-state index contributed by atoms with van der Waals surface area (Å²) < 4.78 is 57.0. The van der Waals surface area contributed by atoms with Crippen LogP contribution < -0.4 is 4.74 Å². The lowest BCUT2D eigenvalue weighted by Crippen LogP contribution is -2.20. The first kappa shape index (κ1) is 14.9. The van der Waals surface area contributed by atoms with Crippen molar-refractivity contribution in [3.8, 4) is 5.75 Å². The maximum Gasteiger partial charge on any atom is 0.573 e. The fourth-order valence-electron chi connectivity index (χ4n) is 1.16. The zero-order valence-corrected chi connectivity index (χ0v) is 11.0. The molecule has 0 spiro atoms. The Morgan fingerprint density at radius 2 is 2.11 bits per heavy atom. The van der Waals surface area contributed by atoms with Gasteiger partial charge in [0.1, 0.15) is 15.9 Å². The molecule has 0 saturated heterocycles. The minimum Gasteiger partial charge on any atom is -0.465 e. The van der Waals surface area contributed by atoms with Gasteiger partial charge in [-0.15, -0.1) is 13.2 Å². The van der Waals surface area contributed by atoms with Gasteiger partial charge in [-0.3, -0.25) is 0 Å². The van der Waals surface area contributed by atoms with Crippen molar-refractivity contribution in [2.45, 2.75) is 13.0 Å². The molecule has 0 fully saturated rings. The van der Waals surface area contributed by atoms with E-state index in [4.69, 9.17) is 0 Å². The average molecular weight is 379 g/mol. The van der Waals surface area contributed by atoms with Crippen molar-refractivity contribution in [2.24, 2.45) is 0 Å². The van der Waals surface area contributed by atoms with E-state index < -0.39 is 30.3 Å². The topological polar surface area (TPSA) is 48.4 Å². The molecule has 0 saturated carbocycles. The van der Waals surface area contributed by atoms with Crippen LogP contribution in [0.3, 0.4) is 0 Å². The Bertz CT molecular complexity index is 464. The molecule has 0 atom stereocenters. The molecule has 1 aromatic rings. The van der Waals surface area contributed by atoms with Gasteiger partial charge >= 0.3 is 12.3 Å². The Hall–Kier alpha value is -1.13. The normalized spacial score (nSPS) is 11.2. The van der Waals surface area contributed by atoms with Crippen molar-refractivity contribution in [3.05, 3.63) is 21.0 Å². The molecule has 1 heterocycles. The van der Waals surface area contributed by atoms with Crippen molar-refractivity contribution < 1.29 is 31.8 Å². The van der Waals surface area contributed by atoms with Crippen molar-refractivity contribution >= 4 is 28.6 Å². The summed E-state index contributed by atoms with van der Waals surface area (Å²) in [6.07, 6.45) is -4.29. The number of esters is 1. The number of ether oxygens (including phenoxy) is 2. The number of aromatic nitrogens is 1. The van der Waals surface area contributed by atoms with Crippen LogP contribution in [0.1, 0.15) is 15.9 Å². The third-order valence-electron chi connectivity index (χ3n) is 1.85. The number of pyridine rings is 1. The van der Waals surface area contributed by atoms with Crippen LogP contribution in [-0.2, 0) is 11.4 Å². The summed E-state index contributed by atoms with van der Waals surface area (Å²) in [5, 5.41) is 0. The Labute approximate surface area is 112 Å². The molecule has 18 heavy (non-hydrogen) atoms. The van der Waals surface area contributed by atoms with E-state index >= 15 is 0 Å². The van der Waals surface area contributed by atoms with E-state index in [1.165, 1.54) is 0 Å². The molecule has 1 rings (SSSR count). The van der Waals surface area contributed by atoms with Gasteiger partial charge in [0.25, 0.3) is 0 Å². The van der Waals surface area contributed by atoms with Crippen molar-refractivity contribution in [1.82, 2.24) is 4.98 Å². The first-order chi connectivity index (χ1) is 8.30. The van der Waals surface area contributed by atoms with Crippen LogP contribution in [0.15, 0.2) is 6.20 Å². The molecular formula is C9H6F4INO3. The SMILES string of the molecule is COC(=O)c1c(I)ncc(OC(F)(F)F)c1CF. The van der Waals surface area contributed by atoms with Crippen molar-refractivity contribution in [2.75, 3.05) is 7.11 Å². The summed E-state index contributed by atoms with van der Waals surface area (Å²) in [6.45, 7) is -1.31. The average Bonchev–Trinajstić information content (AvgIpc) is 2.28. The van der Waals surface area contributed by atoms with Crippen LogP contribution in [0.5, 0.6) is 5.75 Å². The molecule has 1 aromatic heterocycles. The van der Waals surface area contributed by atoms with Gasteiger partial charge in [-0.05, 0) is 22.6 Å². The van der Waals surface area contributed by atoms with E-state index in [9.17, 15) is 22.4 Å². The molecule has 4 nitrogen and oxygen atoms in total. The van der Waals surface area contributed by atoms with Crippen LogP contribution in [-0.4, -0.2) is 24.4 Å². The molecule has 0 aliphatic heterocycles. The number of rotatable bonds is 3. The molecule has 0 aliphatic rings. The van der Waals surface area contributed by atoms with Crippen LogP contribution in [0.2, 0.25) is 0 Å². The number of carbonyl (C=O) groups excluding carboxylic acids is 1. The van der Waals surface area contributed by atoms with E-state index in [0.29, 0.717) is 6.20 Å². The van der Waals surface area contributed by atoms with E-state index in [0.717, 1.165) is 7.11 Å². The van der Waals surface area contributed by atoms with Gasteiger partial charge < -0.3 is 9.47 Å². The van der Waals surface area contributed by atoms with Crippen LogP contribution in [0, 0.1) is 3.70 Å². The second kappa shape index (κ2) is 5.67. The highest BCUT2D eigenvalue weighted by Gasteiger charge is 2.34. The quantitative estimate of drug-likeness (QED) is 0.351. The number of hydrogen-bond donors (Lipinski definition) is 0. The Kier molecular flexibility index (Phi) is 4.71. The third kappa shape index (κ3) is 3.43. The van der Waals surface area contributed by atoms with Crippen LogP contribution in [0.25, 0.3) is 0 Å². The lowest BCUT2D eigenvalue weighted by molar-refractivity contribution is -0.275. The van der Waals surface area contributed by atoms with Crippen molar-refractivity contribution in [3.63, 3.8) is 0 Å². The smallest absolute Gasteiger partial charge is 0.465 e. The first-order valence-electron chi connectivity index (χ1n) is 4.37. The number of carbonyl (C=O) groups is 1. The van der Waals surface area contributed by atoms with E-state index in [-0.39, 0.29) is 9.26 Å². The summed E-state index contributed by atoms with van der Waals surface area (Å²) in [4.78, 5) is 14.9. The molecule has 0 amide bonds. The second-order valence-corrected chi connectivity index (χ2v) is 3.96. The van der Waals surface area contributed by atoms with Crippen molar-refractivity contribution in [1.29, 1.82) is 0 Å². The predicted octanol–water partition coefficient (Wildman–Crippen LogP) is 2.84. The minimum atomic E-state index is -4.99. The second-order valence-electron chi connectivity index (χ2n) is 2.94. The summed E-state index contributed by atoms with van der Waals surface area (Å²) in [6, 6.07) is 0. The van der Waals surface area contributed by atoms with E-state index in [1.807, 2.05) is 0 Å². The molecule has 9 heteroatoms. The fraction of sp³-hybridized carbons (Fsp3) is 0.333. The van der Waals surface area contributed by atoms with Gasteiger partial charge in [0.2, 0.25) is 0 Å². The molecule has 0 unspecified atom stereocenters. The highest BCUT2D eigenvalue weighted by molar-refractivity contribution is 14.1. The summed E-state index contributed by atoms with van der Waals surface area (Å²) in [5.41, 5.74) is -0.916. The van der Waals surface area contributed by atoms with E-state index in [2.05, 4.69) is 14.5 Å². The van der Waals surface area contributed by atoms with Gasteiger partial charge in [0.15, 0.2) is 5.75 Å². The first-order valence-corrected chi connectivity index (χ1v) is 5.45. The monoisotopic (exact) mass is 379 g/mol. The number of halogens is 5. The van der Waals surface area contributed by atoms with Gasteiger partial charge in [-0.2, -0.15) is 0 Å². The molecule has 0 N–H and O–H groups in total. The van der Waals surface area contributed by atoms with E-state index in [1.54, 1.807) is 22.6 Å². The number of nitrogens with zero attached hydrogens (tertiary/aromatic N) is 1. The van der Waals surface area contributed by atoms with Gasteiger partial charge in [-0.25, -0.2) is 14.2 Å². The maximum atomic E-state index is 12.8. The number of methoxy groups -OCH3 is 1. The number of alkyl halides is 4. The molecule has 0 aromatic carbocycles. The Balaban J connectivity index is 3.34. The molecular weight excluding hydrogens is 373 g/mol. The predicted molar refractivity (Wildman–Crippen MR) is 59.8 cm³/mol. The molecule has 0 bridgehead atoms. The molecule has 0 aliphatic carbocycles. The van der Waals surface area contributed by atoms with Gasteiger partial charge in [-0.1, -0.05) is 0 Å². The molecule has 0 radical (unpaired) electrons. The Morgan fingerprint density at radius 3 is 2.56 bits per heavy atom. The highest BCUT2D eigenvalue weighted by atomic mass is 127. The van der Waals surface area contributed by atoms with Gasteiger partial charge in [0, 0.05) is 5.56 Å². The number of hydrogen-bond acceptors (Lipinski definition) is 4. The minimum absolute atomic E-state index is 0.0293. The standard InChI is InChI=1S/C9H6F4INO3/c1-17-8(16)6-4(2-10)5(3-15-7(6)14)18-9(11,12)13/h3H,2H2,1H3. The highest BCUT2D eigenvalue weighted by Crippen LogP contribution is 2.30. The summed E-state index contributed by atoms with van der Waals surface area (Å²) >= 11 is 1.59. The lowest BCUT2D eigenvalue weighted by atomic mass is 10.1. The third-order valence-corrected chi connectivity index (χ3v) is 2.67. The molecule has 100 valence electrons. The maximum absolute atomic E-state index is 12.8. The van der Waals surface area contributed by atoms with Crippen LogP contribution in [0.4, 0.5) is 17.6 Å². The summed E-state index contributed by atoms with van der Waals surface area (Å²) in [5.74, 6) is -1.84. The summed E-state index contributed by atoms with van der Waals surface area (Å²) in [7, 11) is 1.03. The zero-order chi connectivity index (χ0) is 13.9. The van der Waals surface area contributed by atoms with Crippen LogP contribution >= 0.6 is 22.6 Å². The van der Waals surface area contributed by atoms with Gasteiger partial charge in [0.05, 0.1) is 13.3 Å².